The molecule has 3 nitrogen and oxygen atoms in total. The van der Waals surface area contributed by atoms with Crippen LogP contribution in [-0.2, 0) is 9.59 Å². The number of hydrogen-bond donors (Lipinski definition) is 1. The van der Waals surface area contributed by atoms with Gasteiger partial charge in [0.2, 0.25) is 0 Å². The van der Waals surface area contributed by atoms with Crippen molar-refractivity contribution in [3.05, 3.63) is 0 Å². The van der Waals surface area contributed by atoms with Crippen LogP contribution in [0.2, 0.25) is 0 Å². The molecule has 0 saturated heterocycles. The summed E-state index contributed by atoms with van der Waals surface area (Å²) in [6.07, 6.45) is 11.1. The highest BCUT2D eigenvalue weighted by Crippen LogP contribution is 2.12. The van der Waals surface area contributed by atoms with Crippen molar-refractivity contribution in [2.75, 3.05) is 6.54 Å². The first-order valence-electron chi connectivity index (χ1n) is 6.88. The zero-order valence-corrected chi connectivity index (χ0v) is 11.1. The van der Waals surface area contributed by atoms with Gasteiger partial charge in [0.15, 0.2) is 0 Å². The summed E-state index contributed by atoms with van der Waals surface area (Å²) in [6.45, 7) is 2.30. The number of unbranched alkanes of at least 4 members (excludes halogenated alkanes) is 7. The molecule has 0 rings (SSSR count). The highest BCUT2D eigenvalue weighted by atomic mass is 16.1. The number of Topliss-reactive ketones (excluding diaryl/α,β-unsaturated/α-hetero) is 1. The Morgan fingerprint density at radius 1 is 1.00 bits per heavy atom. The molecule has 1 atom stereocenters. The van der Waals surface area contributed by atoms with Gasteiger partial charge >= 0.3 is 0 Å². The van der Waals surface area contributed by atoms with E-state index in [1.807, 2.05) is 0 Å². The van der Waals surface area contributed by atoms with Gasteiger partial charge in [-0.3, -0.25) is 4.79 Å². The maximum Gasteiger partial charge on any atom is 0.139 e. The van der Waals surface area contributed by atoms with E-state index in [9.17, 15) is 9.59 Å². The summed E-state index contributed by atoms with van der Waals surface area (Å²) in [7, 11) is 0. The smallest absolute Gasteiger partial charge is 0.139 e. The van der Waals surface area contributed by atoms with Gasteiger partial charge in [0, 0.05) is 0 Å². The predicted octanol–water partition coefficient (Wildman–Crippen LogP) is 2.86. The van der Waals surface area contributed by atoms with Crippen LogP contribution in [0.15, 0.2) is 0 Å². The molecule has 0 fully saturated rings. The Balaban J connectivity index is 3.23. The van der Waals surface area contributed by atoms with Gasteiger partial charge in [-0.1, -0.05) is 44.9 Å². The van der Waals surface area contributed by atoms with Crippen LogP contribution in [0.1, 0.15) is 64.7 Å². The molecule has 0 radical (unpaired) electrons. The first kappa shape index (κ1) is 16.3. The number of carbonyl (C=O) groups excluding carboxylic acids is 2. The van der Waals surface area contributed by atoms with E-state index in [4.69, 9.17) is 5.73 Å². The predicted molar refractivity (Wildman–Crippen MR) is 70.8 cm³/mol. The van der Waals surface area contributed by atoms with Gasteiger partial charge < -0.3 is 10.5 Å². The Hall–Kier alpha value is -0.700. The quantitative estimate of drug-likeness (QED) is 0.325. The maximum absolute atomic E-state index is 11.0. The fourth-order valence-corrected chi connectivity index (χ4v) is 1.94. The van der Waals surface area contributed by atoms with Crippen LogP contribution in [-0.4, -0.2) is 18.6 Å². The molecule has 17 heavy (non-hydrogen) atoms. The molecule has 2 N–H and O–H groups in total. The van der Waals surface area contributed by atoms with Crippen LogP contribution >= 0.6 is 0 Å². The van der Waals surface area contributed by atoms with Gasteiger partial charge in [0.1, 0.15) is 12.1 Å². The van der Waals surface area contributed by atoms with Gasteiger partial charge in [-0.2, -0.15) is 0 Å². The van der Waals surface area contributed by atoms with E-state index in [-0.39, 0.29) is 11.7 Å². The van der Waals surface area contributed by atoms with Crippen molar-refractivity contribution in [1.82, 2.24) is 0 Å². The SMILES string of the molecule is CC(=O)C(C=O)CCCCCCCCCCN. The van der Waals surface area contributed by atoms with Crippen LogP contribution < -0.4 is 5.73 Å². The van der Waals surface area contributed by atoms with Gasteiger partial charge in [0.25, 0.3) is 0 Å². The standard InChI is InChI=1S/C14H27NO2/c1-13(17)14(12-16)10-8-6-4-2-3-5-7-9-11-15/h12,14H,2-11,15H2,1H3. The second-order valence-electron chi connectivity index (χ2n) is 4.76. The molecule has 0 saturated carbocycles. The van der Waals surface area contributed by atoms with Crippen molar-refractivity contribution in [3.8, 4) is 0 Å². The summed E-state index contributed by atoms with van der Waals surface area (Å²) < 4.78 is 0. The normalized spacial score (nSPS) is 12.4. The lowest BCUT2D eigenvalue weighted by Gasteiger charge is -2.05. The van der Waals surface area contributed by atoms with Crippen molar-refractivity contribution in [2.45, 2.75) is 64.7 Å². The van der Waals surface area contributed by atoms with Crippen molar-refractivity contribution in [3.63, 3.8) is 0 Å². The molecule has 100 valence electrons. The van der Waals surface area contributed by atoms with E-state index < -0.39 is 0 Å². The number of rotatable bonds is 12. The average Bonchev–Trinajstić information content (AvgIpc) is 2.31. The first-order chi connectivity index (χ1) is 8.22. The Morgan fingerprint density at radius 3 is 1.88 bits per heavy atom. The number of aldehydes is 1. The minimum absolute atomic E-state index is 0.00165. The lowest BCUT2D eigenvalue weighted by Crippen LogP contribution is -2.11. The van der Waals surface area contributed by atoms with E-state index in [0.717, 1.165) is 38.5 Å². The minimum atomic E-state index is -0.362. The van der Waals surface area contributed by atoms with Gasteiger partial charge in [-0.05, 0) is 26.3 Å². The Morgan fingerprint density at radius 2 is 1.47 bits per heavy atom. The van der Waals surface area contributed by atoms with Gasteiger partial charge in [-0.25, -0.2) is 0 Å². The summed E-state index contributed by atoms with van der Waals surface area (Å²) in [5.41, 5.74) is 5.42. The number of hydrogen-bond acceptors (Lipinski definition) is 3. The lowest BCUT2D eigenvalue weighted by molar-refractivity contribution is -0.125. The van der Waals surface area contributed by atoms with Gasteiger partial charge in [-0.15, -0.1) is 0 Å². The molecule has 0 aromatic carbocycles. The van der Waals surface area contributed by atoms with Gasteiger partial charge in [0.05, 0.1) is 5.92 Å². The van der Waals surface area contributed by atoms with Crippen molar-refractivity contribution in [1.29, 1.82) is 0 Å². The zero-order valence-electron chi connectivity index (χ0n) is 11.1. The molecule has 0 aliphatic carbocycles. The molecule has 1 unspecified atom stereocenters. The molecule has 0 aliphatic rings. The largest absolute Gasteiger partial charge is 0.330 e. The molecule has 0 aliphatic heterocycles. The third kappa shape index (κ3) is 10.2. The molecule has 0 aromatic rings. The molecule has 0 bridgehead atoms. The van der Waals surface area contributed by atoms with Crippen LogP contribution in [0.4, 0.5) is 0 Å². The van der Waals surface area contributed by atoms with Crippen LogP contribution in [0.3, 0.4) is 0 Å². The van der Waals surface area contributed by atoms with Crippen LogP contribution in [0, 0.1) is 5.92 Å². The molecule has 0 amide bonds. The van der Waals surface area contributed by atoms with Crippen molar-refractivity contribution >= 4 is 12.1 Å². The molecule has 0 aromatic heterocycles. The van der Waals surface area contributed by atoms with Crippen LogP contribution in [0.25, 0.3) is 0 Å². The highest BCUT2D eigenvalue weighted by Gasteiger charge is 2.11. The van der Waals surface area contributed by atoms with E-state index in [2.05, 4.69) is 0 Å². The third-order valence-corrected chi connectivity index (χ3v) is 3.16. The zero-order chi connectivity index (χ0) is 12.9. The second kappa shape index (κ2) is 11.8. The maximum atomic E-state index is 11.0. The number of carbonyl (C=O) groups is 2. The number of ketones is 1. The third-order valence-electron chi connectivity index (χ3n) is 3.16. The van der Waals surface area contributed by atoms with E-state index in [0.29, 0.717) is 0 Å². The van der Waals surface area contributed by atoms with Crippen molar-refractivity contribution in [2.24, 2.45) is 11.7 Å². The second-order valence-corrected chi connectivity index (χ2v) is 4.76. The Kier molecular flexibility index (Phi) is 11.3. The summed E-state index contributed by atoms with van der Waals surface area (Å²) in [5.74, 6) is -0.360. The molecule has 3 heteroatoms. The topological polar surface area (TPSA) is 60.2 Å². The van der Waals surface area contributed by atoms with Crippen molar-refractivity contribution < 1.29 is 9.59 Å². The summed E-state index contributed by atoms with van der Waals surface area (Å²) in [4.78, 5) is 21.6. The Labute approximate surface area is 105 Å². The highest BCUT2D eigenvalue weighted by molar-refractivity contribution is 5.91. The lowest BCUT2D eigenvalue weighted by atomic mass is 9.98. The summed E-state index contributed by atoms with van der Waals surface area (Å²) in [5, 5.41) is 0. The molecular weight excluding hydrogens is 214 g/mol. The fraction of sp³-hybridized carbons (Fsp3) is 0.857. The van der Waals surface area contributed by atoms with E-state index in [1.165, 1.54) is 39.0 Å². The fourth-order valence-electron chi connectivity index (χ4n) is 1.94. The van der Waals surface area contributed by atoms with Crippen LogP contribution in [0.5, 0.6) is 0 Å². The molecule has 0 spiro atoms. The minimum Gasteiger partial charge on any atom is -0.330 e. The van der Waals surface area contributed by atoms with E-state index >= 15 is 0 Å². The molecule has 0 heterocycles. The molecular formula is C14H27NO2. The Bertz CT molecular complexity index is 204. The average molecular weight is 241 g/mol. The first-order valence-corrected chi connectivity index (χ1v) is 6.88. The number of nitrogens with two attached hydrogens (primary N) is 1. The summed E-state index contributed by atoms with van der Waals surface area (Å²) in [6, 6.07) is 0. The summed E-state index contributed by atoms with van der Waals surface area (Å²) >= 11 is 0. The van der Waals surface area contributed by atoms with E-state index in [1.54, 1.807) is 0 Å². The monoisotopic (exact) mass is 241 g/mol.